The normalized spacial score (nSPS) is 14.5. The Hall–Kier alpha value is -1.28. The van der Waals surface area contributed by atoms with Gasteiger partial charge in [-0.15, -0.1) is 0 Å². The second-order valence-electron chi connectivity index (χ2n) is 13.2. The van der Waals surface area contributed by atoms with E-state index in [0.29, 0.717) is 24.1 Å². The molecule has 0 aliphatic rings. The van der Waals surface area contributed by atoms with Gasteiger partial charge < -0.3 is 27.9 Å². The molecule has 270 valence electrons. The molecule has 8 nitrogen and oxygen atoms in total. The van der Waals surface area contributed by atoms with Gasteiger partial charge in [-0.3, -0.25) is 9.36 Å². The van der Waals surface area contributed by atoms with Crippen LogP contribution in [0.2, 0.25) is 0 Å². The molecule has 0 spiro atoms. The van der Waals surface area contributed by atoms with Crippen LogP contribution in [0, 0.1) is 0 Å². The average molecular weight is 672 g/mol. The lowest BCUT2D eigenvalue weighted by atomic mass is 10.1. The third-order valence-corrected chi connectivity index (χ3v) is 8.41. The Morgan fingerprint density at radius 2 is 1.20 bits per heavy atom. The van der Waals surface area contributed by atoms with Crippen molar-refractivity contribution in [2.24, 2.45) is 0 Å². The molecule has 0 aromatic carbocycles. The fourth-order valence-corrected chi connectivity index (χ4v) is 5.28. The Labute approximate surface area is 283 Å². The van der Waals surface area contributed by atoms with Crippen LogP contribution in [-0.2, 0) is 27.9 Å². The molecule has 0 fully saturated rings. The van der Waals surface area contributed by atoms with E-state index in [9.17, 15) is 14.3 Å². The average Bonchev–Trinajstić information content (AvgIpc) is 2.99. The topological polar surface area (TPSA) is 94.1 Å². The molecule has 0 saturated carbocycles. The van der Waals surface area contributed by atoms with Crippen molar-refractivity contribution in [1.82, 2.24) is 0 Å². The maximum atomic E-state index is 12.3. The second-order valence-corrected chi connectivity index (χ2v) is 14.6. The lowest BCUT2D eigenvalue weighted by Gasteiger charge is -2.28. The highest BCUT2D eigenvalue weighted by atomic mass is 31.2. The summed E-state index contributed by atoms with van der Waals surface area (Å²) >= 11 is 0. The maximum Gasteiger partial charge on any atom is 0.306 e. The van der Waals surface area contributed by atoms with Crippen molar-refractivity contribution in [3.63, 3.8) is 0 Å². The molecule has 2 unspecified atom stereocenters. The van der Waals surface area contributed by atoms with E-state index in [4.69, 9.17) is 18.5 Å². The van der Waals surface area contributed by atoms with E-state index in [1.165, 1.54) is 57.8 Å². The molecular weight excluding hydrogens is 601 g/mol. The minimum atomic E-state index is -4.50. The molecule has 0 saturated heterocycles. The molecule has 0 aliphatic heterocycles. The first-order valence-corrected chi connectivity index (χ1v) is 19.7. The van der Waals surface area contributed by atoms with Crippen LogP contribution in [0.1, 0.15) is 136 Å². The van der Waals surface area contributed by atoms with Gasteiger partial charge in [0.1, 0.15) is 19.3 Å². The fraction of sp³-hybridized carbons (Fsp3) is 0.811. The summed E-state index contributed by atoms with van der Waals surface area (Å²) in [4.78, 5) is 24.5. The lowest BCUT2D eigenvalue weighted by molar-refractivity contribution is -0.870. The van der Waals surface area contributed by atoms with Gasteiger partial charge in [0.05, 0.1) is 34.4 Å². The number of esters is 1. The minimum Gasteiger partial charge on any atom is -0.756 e. The van der Waals surface area contributed by atoms with E-state index in [-0.39, 0.29) is 25.8 Å². The van der Waals surface area contributed by atoms with Crippen LogP contribution in [0.3, 0.4) is 0 Å². The number of rotatable bonds is 33. The van der Waals surface area contributed by atoms with Gasteiger partial charge in [0.25, 0.3) is 7.82 Å². The monoisotopic (exact) mass is 671 g/mol. The zero-order valence-corrected chi connectivity index (χ0v) is 31.2. The summed E-state index contributed by atoms with van der Waals surface area (Å²) in [6.45, 7) is 5.21. The van der Waals surface area contributed by atoms with E-state index in [1.54, 1.807) is 0 Å². The number of quaternary nitrogens is 1. The Morgan fingerprint density at radius 1 is 0.674 bits per heavy atom. The van der Waals surface area contributed by atoms with E-state index in [1.807, 2.05) is 21.1 Å². The molecule has 9 heteroatoms. The van der Waals surface area contributed by atoms with Crippen LogP contribution in [-0.4, -0.2) is 70.7 Å². The van der Waals surface area contributed by atoms with Gasteiger partial charge in [0.2, 0.25) is 0 Å². The number of allylic oxidation sites excluding steroid dienone is 6. The SMILES string of the molecule is CCCCC/C=C\C/C=C\C/C=C\CCCCCCCCCOCC(COP(=O)([O-])OCC[N+](C)(C)C)OC(=O)CCCCCC. The van der Waals surface area contributed by atoms with Crippen LogP contribution in [0.5, 0.6) is 0 Å². The second kappa shape index (κ2) is 31.0. The molecule has 0 aliphatic carbocycles. The first-order chi connectivity index (χ1) is 22.1. The molecule has 0 radical (unpaired) electrons. The van der Waals surface area contributed by atoms with E-state index < -0.39 is 13.9 Å². The number of ether oxygens (including phenoxy) is 2. The first kappa shape index (κ1) is 44.7. The van der Waals surface area contributed by atoms with Gasteiger partial charge in [-0.2, -0.15) is 0 Å². The number of unbranched alkanes of at least 4 members (excludes halogenated alkanes) is 13. The van der Waals surface area contributed by atoms with Crippen molar-refractivity contribution in [3.05, 3.63) is 36.5 Å². The fourth-order valence-electron chi connectivity index (χ4n) is 4.55. The first-order valence-electron chi connectivity index (χ1n) is 18.2. The van der Waals surface area contributed by atoms with Gasteiger partial charge in [-0.05, 0) is 51.4 Å². The zero-order chi connectivity index (χ0) is 34.2. The highest BCUT2D eigenvalue weighted by Crippen LogP contribution is 2.38. The van der Waals surface area contributed by atoms with Crippen LogP contribution < -0.4 is 4.89 Å². The molecule has 46 heavy (non-hydrogen) atoms. The summed E-state index contributed by atoms with van der Waals surface area (Å²) in [5, 5.41) is 0. The number of carbonyl (C=O) groups is 1. The van der Waals surface area contributed by atoms with Crippen LogP contribution in [0.4, 0.5) is 0 Å². The van der Waals surface area contributed by atoms with Gasteiger partial charge in [-0.25, -0.2) is 0 Å². The number of phosphoric ester groups is 1. The van der Waals surface area contributed by atoms with Crippen molar-refractivity contribution in [2.45, 2.75) is 142 Å². The summed E-state index contributed by atoms with van der Waals surface area (Å²) in [6, 6.07) is 0. The molecule has 0 heterocycles. The van der Waals surface area contributed by atoms with Crippen molar-refractivity contribution in [3.8, 4) is 0 Å². The quantitative estimate of drug-likeness (QED) is 0.0226. The predicted octanol–water partition coefficient (Wildman–Crippen LogP) is 9.24. The molecule has 0 aromatic heterocycles. The molecule has 0 rings (SSSR count). The molecule has 0 bridgehead atoms. The number of likely N-dealkylation sites (N-methyl/N-ethyl adjacent to an activating group) is 1. The number of carbonyl (C=O) groups excluding carboxylic acids is 1. The Kier molecular flexibility index (Phi) is 30.2. The number of phosphoric acid groups is 1. The zero-order valence-electron chi connectivity index (χ0n) is 30.3. The summed E-state index contributed by atoms with van der Waals surface area (Å²) in [5.74, 6) is -0.358. The molecule has 0 N–H and O–H groups in total. The lowest BCUT2D eigenvalue weighted by Crippen LogP contribution is -2.37. The van der Waals surface area contributed by atoms with Crippen LogP contribution in [0.25, 0.3) is 0 Å². The molecule has 0 amide bonds. The van der Waals surface area contributed by atoms with Crippen LogP contribution in [0.15, 0.2) is 36.5 Å². The maximum absolute atomic E-state index is 12.3. The summed E-state index contributed by atoms with van der Waals surface area (Å²) < 4.78 is 34.1. The molecule has 0 aromatic rings. The smallest absolute Gasteiger partial charge is 0.306 e. The van der Waals surface area contributed by atoms with Gasteiger partial charge in [0.15, 0.2) is 0 Å². The highest BCUT2D eigenvalue weighted by molar-refractivity contribution is 7.45. The minimum absolute atomic E-state index is 0.0231. The van der Waals surface area contributed by atoms with Gasteiger partial charge in [-0.1, -0.05) is 115 Å². The van der Waals surface area contributed by atoms with E-state index in [2.05, 4.69) is 50.3 Å². The number of hydrogen-bond acceptors (Lipinski definition) is 7. The van der Waals surface area contributed by atoms with E-state index >= 15 is 0 Å². The Morgan fingerprint density at radius 3 is 1.80 bits per heavy atom. The number of hydrogen-bond donors (Lipinski definition) is 0. The molecule has 2 atom stereocenters. The largest absolute Gasteiger partial charge is 0.756 e. The summed E-state index contributed by atoms with van der Waals surface area (Å²) in [7, 11) is 1.34. The molecular formula is C37H70NO7P. The van der Waals surface area contributed by atoms with Gasteiger partial charge >= 0.3 is 5.97 Å². The van der Waals surface area contributed by atoms with Crippen molar-refractivity contribution in [1.29, 1.82) is 0 Å². The Balaban J connectivity index is 4.07. The predicted molar refractivity (Wildman–Crippen MR) is 190 cm³/mol. The number of nitrogens with zero attached hydrogens (tertiary/aromatic N) is 1. The van der Waals surface area contributed by atoms with Crippen molar-refractivity contribution >= 4 is 13.8 Å². The Bertz CT molecular complexity index is 838. The third-order valence-electron chi connectivity index (χ3n) is 7.44. The summed E-state index contributed by atoms with van der Waals surface area (Å²) in [6.07, 6.45) is 33.5. The third kappa shape index (κ3) is 34.1. The highest BCUT2D eigenvalue weighted by Gasteiger charge is 2.20. The van der Waals surface area contributed by atoms with Crippen molar-refractivity contribution in [2.75, 3.05) is 54.1 Å². The summed E-state index contributed by atoms with van der Waals surface area (Å²) in [5.41, 5.74) is 0. The van der Waals surface area contributed by atoms with Crippen LogP contribution >= 0.6 is 7.82 Å². The van der Waals surface area contributed by atoms with Gasteiger partial charge in [0, 0.05) is 13.0 Å². The van der Waals surface area contributed by atoms with E-state index in [0.717, 1.165) is 57.8 Å². The standard InChI is InChI=1S/C37H70NO7P/c1-6-8-10-12-13-14-15-16-17-18-19-20-21-22-23-24-25-26-27-29-32-42-34-36(45-37(39)30-28-11-9-7-2)35-44-46(40,41)43-33-31-38(3,4)5/h13-14,16-17,19-20,36H,6-12,15,18,21-35H2,1-5H3/b14-13-,17-16-,20-19-. The van der Waals surface area contributed by atoms with Crippen molar-refractivity contribution < 1.29 is 37.3 Å².